The Kier molecular flexibility index (Phi) is 5.35. The number of nitrogens with one attached hydrogen (secondary N) is 1. The number of anilines is 1. The fraction of sp³-hybridized carbons (Fsp3) is 0.308. The number of amides is 1. The maximum absolute atomic E-state index is 13.6. The van der Waals surface area contributed by atoms with E-state index in [0.717, 1.165) is 0 Å². The van der Waals surface area contributed by atoms with Crippen LogP contribution in [0.5, 0.6) is 0 Å². The molecule has 0 saturated carbocycles. The largest absolute Gasteiger partial charge is 0.323 e. The molecule has 1 aromatic heterocycles. The molecular formula is C13H14BrFN4OS. The second kappa shape index (κ2) is 7.04. The topological polar surface area (TPSA) is 59.8 Å². The monoisotopic (exact) mass is 372 g/mol. The molecule has 1 heterocycles. The van der Waals surface area contributed by atoms with Gasteiger partial charge in [-0.05, 0) is 32.0 Å². The predicted molar refractivity (Wildman–Crippen MR) is 83.9 cm³/mol. The van der Waals surface area contributed by atoms with E-state index in [1.54, 1.807) is 12.4 Å². The Balaban J connectivity index is 1.94. The van der Waals surface area contributed by atoms with E-state index in [0.29, 0.717) is 9.63 Å². The molecule has 5 nitrogen and oxygen atoms in total. The first kappa shape index (κ1) is 16.0. The summed E-state index contributed by atoms with van der Waals surface area (Å²) in [6.45, 7) is 4.01. The minimum Gasteiger partial charge on any atom is -0.323 e. The Labute approximate surface area is 134 Å². The molecular weight excluding hydrogens is 359 g/mol. The molecule has 0 aliphatic carbocycles. The third-order valence-corrected chi connectivity index (χ3v) is 4.08. The van der Waals surface area contributed by atoms with E-state index < -0.39 is 5.82 Å². The summed E-state index contributed by atoms with van der Waals surface area (Å²) < 4.78 is 16.1. The number of halogens is 2. The van der Waals surface area contributed by atoms with E-state index >= 15 is 0 Å². The van der Waals surface area contributed by atoms with Crippen LogP contribution in [0, 0.1) is 5.82 Å². The third kappa shape index (κ3) is 4.28. The summed E-state index contributed by atoms with van der Waals surface area (Å²) in [6.07, 6.45) is 1.62. The van der Waals surface area contributed by atoms with Crippen LogP contribution in [0.3, 0.4) is 0 Å². The lowest BCUT2D eigenvalue weighted by molar-refractivity contribution is -0.113. The lowest BCUT2D eigenvalue weighted by Crippen LogP contribution is -2.15. The van der Waals surface area contributed by atoms with Gasteiger partial charge in [0.25, 0.3) is 0 Å². The molecule has 0 atom stereocenters. The summed E-state index contributed by atoms with van der Waals surface area (Å²) in [5.41, 5.74) is 0.161. The van der Waals surface area contributed by atoms with Crippen LogP contribution >= 0.6 is 27.7 Å². The van der Waals surface area contributed by atoms with Crippen molar-refractivity contribution in [2.24, 2.45) is 0 Å². The third-order valence-electron chi connectivity index (χ3n) is 2.63. The molecule has 21 heavy (non-hydrogen) atoms. The molecule has 8 heteroatoms. The summed E-state index contributed by atoms with van der Waals surface area (Å²) in [7, 11) is 0. The van der Waals surface area contributed by atoms with Crippen molar-refractivity contribution in [3.05, 3.63) is 34.8 Å². The highest BCUT2D eigenvalue weighted by Crippen LogP contribution is 2.21. The van der Waals surface area contributed by atoms with Gasteiger partial charge in [0.2, 0.25) is 5.91 Å². The van der Waals surface area contributed by atoms with Crippen molar-refractivity contribution in [2.45, 2.75) is 25.0 Å². The predicted octanol–water partition coefficient (Wildman–Crippen LogP) is 3.49. The highest BCUT2D eigenvalue weighted by atomic mass is 79.9. The Hall–Kier alpha value is -1.41. The van der Waals surface area contributed by atoms with Crippen molar-refractivity contribution in [2.75, 3.05) is 11.1 Å². The molecule has 0 aliphatic rings. The van der Waals surface area contributed by atoms with Crippen molar-refractivity contribution in [3.63, 3.8) is 0 Å². The molecule has 0 saturated heterocycles. The fourth-order valence-corrected chi connectivity index (χ4v) is 2.77. The summed E-state index contributed by atoms with van der Waals surface area (Å²) in [4.78, 5) is 11.9. The number of aromatic nitrogens is 3. The van der Waals surface area contributed by atoms with Gasteiger partial charge in [-0.1, -0.05) is 27.7 Å². The van der Waals surface area contributed by atoms with Crippen LogP contribution in [0.1, 0.15) is 19.9 Å². The van der Waals surface area contributed by atoms with Gasteiger partial charge in [0.15, 0.2) is 5.16 Å². The van der Waals surface area contributed by atoms with Crippen LogP contribution in [-0.4, -0.2) is 26.4 Å². The van der Waals surface area contributed by atoms with Gasteiger partial charge in [-0.2, -0.15) is 0 Å². The first-order valence-electron chi connectivity index (χ1n) is 6.24. The average molecular weight is 373 g/mol. The van der Waals surface area contributed by atoms with Gasteiger partial charge in [-0.15, -0.1) is 10.2 Å². The van der Waals surface area contributed by atoms with E-state index in [1.807, 2.05) is 18.4 Å². The number of carbonyl (C=O) groups is 1. The molecule has 0 aliphatic heterocycles. The molecule has 0 fully saturated rings. The van der Waals surface area contributed by atoms with Crippen LogP contribution in [0.4, 0.5) is 10.1 Å². The molecule has 0 unspecified atom stereocenters. The Morgan fingerprint density at radius 2 is 2.29 bits per heavy atom. The van der Waals surface area contributed by atoms with E-state index in [1.165, 1.54) is 23.9 Å². The standard InChI is InChI=1S/C13H14BrFN4OS/c1-8(2)19-7-16-18-13(19)21-6-12(20)17-11-4-3-9(14)5-10(11)15/h3-5,7-8H,6H2,1-2H3,(H,17,20). The molecule has 0 radical (unpaired) electrons. The van der Waals surface area contributed by atoms with Crippen molar-refractivity contribution >= 4 is 39.3 Å². The molecule has 0 spiro atoms. The van der Waals surface area contributed by atoms with Gasteiger partial charge < -0.3 is 9.88 Å². The summed E-state index contributed by atoms with van der Waals surface area (Å²) in [5.74, 6) is -0.631. The van der Waals surface area contributed by atoms with Crippen LogP contribution in [0.2, 0.25) is 0 Å². The van der Waals surface area contributed by atoms with Crippen LogP contribution < -0.4 is 5.32 Å². The minimum atomic E-state index is -0.479. The van der Waals surface area contributed by atoms with Gasteiger partial charge in [-0.25, -0.2) is 4.39 Å². The number of nitrogens with zero attached hydrogens (tertiary/aromatic N) is 3. The molecule has 1 aromatic carbocycles. The molecule has 1 N–H and O–H groups in total. The van der Waals surface area contributed by atoms with Crippen molar-refractivity contribution in [1.29, 1.82) is 0 Å². The van der Waals surface area contributed by atoms with E-state index in [9.17, 15) is 9.18 Å². The Bertz CT molecular complexity index is 647. The molecule has 112 valence electrons. The van der Waals surface area contributed by atoms with Crippen LogP contribution in [0.15, 0.2) is 34.2 Å². The summed E-state index contributed by atoms with van der Waals surface area (Å²) >= 11 is 4.43. The number of hydrogen-bond donors (Lipinski definition) is 1. The quantitative estimate of drug-likeness (QED) is 0.816. The number of benzene rings is 1. The van der Waals surface area contributed by atoms with Crippen molar-refractivity contribution < 1.29 is 9.18 Å². The first-order valence-corrected chi connectivity index (χ1v) is 8.02. The van der Waals surface area contributed by atoms with Crippen molar-refractivity contribution in [3.8, 4) is 0 Å². The maximum atomic E-state index is 13.6. The van der Waals surface area contributed by atoms with Gasteiger partial charge in [0, 0.05) is 10.5 Å². The normalized spacial score (nSPS) is 10.9. The van der Waals surface area contributed by atoms with E-state index in [4.69, 9.17) is 0 Å². The summed E-state index contributed by atoms with van der Waals surface area (Å²) in [6, 6.07) is 4.70. The molecule has 1 amide bonds. The first-order chi connectivity index (χ1) is 9.97. The fourth-order valence-electron chi connectivity index (χ4n) is 1.60. The van der Waals surface area contributed by atoms with E-state index in [2.05, 4.69) is 31.4 Å². The number of carbonyl (C=O) groups excluding carboxylic acids is 1. The van der Waals surface area contributed by atoms with Gasteiger partial charge >= 0.3 is 0 Å². The number of thioether (sulfide) groups is 1. The smallest absolute Gasteiger partial charge is 0.234 e. The maximum Gasteiger partial charge on any atom is 0.234 e. The molecule has 2 aromatic rings. The highest BCUT2D eigenvalue weighted by Gasteiger charge is 2.12. The summed E-state index contributed by atoms with van der Waals surface area (Å²) in [5, 5.41) is 11.0. The molecule has 2 rings (SSSR count). The van der Waals surface area contributed by atoms with Crippen LogP contribution in [-0.2, 0) is 4.79 Å². The Morgan fingerprint density at radius 3 is 2.95 bits per heavy atom. The minimum absolute atomic E-state index is 0.140. The second-order valence-electron chi connectivity index (χ2n) is 4.58. The number of hydrogen-bond acceptors (Lipinski definition) is 4. The van der Waals surface area contributed by atoms with Gasteiger partial charge in [0.1, 0.15) is 12.1 Å². The zero-order valence-electron chi connectivity index (χ0n) is 11.5. The number of rotatable bonds is 5. The SMILES string of the molecule is CC(C)n1cnnc1SCC(=O)Nc1ccc(Br)cc1F. The lowest BCUT2D eigenvalue weighted by Gasteiger charge is -2.09. The lowest BCUT2D eigenvalue weighted by atomic mass is 10.3. The van der Waals surface area contributed by atoms with Crippen LogP contribution in [0.25, 0.3) is 0 Å². The second-order valence-corrected chi connectivity index (χ2v) is 6.43. The zero-order chi connectivity index (χ0) is 15.4. The van der Waals surface area contributed by atoms with E-state index in [-0.39, 0.29) is 23.4 Å². The van der Waals surface area contributed by atoms with Gasteiger partial charge in [0.05, 0.1) is 11.4 Å². The Morgan fingerprint density at radius 1 is 1.52 bits per heavy atom. The highest BCUT2D eigenvalue weighted by molar-refractivity contribution is 9.10. The van der Waals surface area contributed by atoms with Gasteiger partial charge in [-0.3, -0.25) is 4.79 Å². The molecule has 0 bridgehead atoms. The van der Waals surface area contributed by atoms with Crippen molar-refractivity contribution in [1.82, 2.24) is 14.8 Å². The zero-order valence-corrected chi connectivity index (χ0v) is 13.9. The average Bonchev–Trinajstić information content (AvgIpc) is 2.88.